The number of aromatic nitrogens is 1. The van der Waals surface area contributed by atoms with Gasteiger partial charge in [0.1, 0.15) is 5.82 Å². The number of carbonyl (C=O) groups excluding carboxylic acids is 1. The fourth-order valence-electron chi connectivity index (χ4n) is 3.26. The number of nitrogens with one attached hydrogen (secondary N) is 1. The largest absolute Gasteiger partial charge is 0.356 e. The van der Waals surface area contributed by atoms with E-state index in [0.717, 1.165) is 57.7 Å². The van der Waals surface area contributed by atoms with Crippen molar-refractivity contribution in [3.63, 3.8) is 0 Å². The van der Waals surface area contributed by atoms with Gasteiger partial charge in [-0.1, -0.05) is 6.07 Å². The van der Waals surface area contributed by atoms with Gasteiger partial charge < -0.3 is 15.1 Å². The van der Waals surface area contributed by atoms with Crippen molar-refractivity contribution in [3.8, 4) is 0 Å². The van der Waals surface area contributed by atoms with Gasteiger partial charge in [0.05, 0.1) is 0 Å². The number of aryl methyl sites for hydroxylation is 1. The van der Waals surface area contributed by atoms with Crippen LogP contribution in [0.2, 0.25) is 0 Å². The normalized spacial score (nSPS) is 20.0. The molecule has 0 atom stereocenters. The van der Waals surface area contributed by atoms with Crippen molar-refractivity contribution in [3.05, 3.63) is 23.9 Å². The Hall–Kier alpha value is -1.78. The first-order valence-corrected chi connectivity index (χ1v) is 8.45. The zero-order chi connectivity index (χ0) is 15.4. The number of hydrogen-bond acceptors (Lipinski definition) is 3. The predicted octanol–water partition coefficient (Wildman–Crippen LogP) is 2.55. The van der Waals surface area contributed by atoms with Crippen LogP contribution in [0.1, 0.15) is 37.7 Å². The third-order valence-electron chi connectivity index (χ3n) is 4.69. The zero-order valence-corrected chi connectivity index (χ0v) is 13.4. The van der Waals surface area contributed by atoms with E-state index in [-0.39, 0.29) is 6.03 Å². The van der Waals surface area contributed by atoms with Crippen LogP contribution in [0.25, 0.3) is 0 Å². The number of likely N-dealkylation sites (tertiary alicyclic amines) is 1. The number of urea groups is 1. The Balaban J connectivity index is 1.47. The molecule has 0 spiro atoms. The second-order valence-electron chi connectivity index (χ2n) is 6.45. The van der Waals surface area contributed by atoms with Gasteiger partial charge in [0.15, 0.2) is 0 Å². The number of anilines is 1. The monoisotopic (exact) mass is 302 g/mol. The summed E-state index contributed by atoms with van der Waals surface area (Å²) in [6.45, 7) is 5.80. The Morgan fingerprint density at radius 2 is 1.86 bits per heavy atom. The van der Waals surface area contributed by atoms with Gasteiger partial charge in [-0.3, -0.25) is 0 Å². The fourth-order valence-corrected chi connectivity index (χ4v) is 3.26. The average Bonchev–Trinajstić information content (AvgIpc) is 2.57. The number of rotatable bonds is 2. The second-order valence-corrected chi connectivity index (χ2v) is 6.45. The molecule has 0 unspecified atom stereocenters. The summed E-state index contributed by atoms with van der Waals surface area (Å²) in [5.74, 6) is 1.05. The summed E-state index contributed by atoms with van der Waals surface area (Å²) in [6, 6.07) is 4.62. The van der Waals surface area contributed by atoms with Crippen molar-refractivity contribution in [1.29, 1.82) is 0 Å². The molecule has 1 aromatic heterocycles. The van der Waals surface area contributed by atoms with Crippen LogP contribution < -0.4 is 10.2 Å². The second kappa shape index (κ2) is 6.99. The van der Waals surface area contributed by atoms with Crippen LogP contribution >= 0.6 is 0 Å². The summed E-state index contributed by atoms with van der Waals surface area (Å²) >= 11 is 0. The number of pyridine rings is 1. The molecule has 2 amide bonds. The lowest BCUT2D eigenvalue weighted by Gasteiger charge is -2.35. The van der Waals surface area contributed by atoms with E-state index in [9.17, 15) is 4.79 Å². The lowest BCUT2D eigenvalue weighted by atomic mass is 10.0. The van der Waals surface area contributed by atoms with E-state index in [4.69, 9.17) is 0 Å². The molecule has 0 aromatic carbocycles. The maximum atomic E-state index is 12.2. The Labute approximate surface area is 132 Å². The highest BCUT2D eigenvalue weighted by molar-refractivity contribution is 5.74. The maximum absolute atomic E-state index is 12.2. The van der Waals surface area contributed by atoms with Gasteiger partial charge >= 0.3 is 6.03 Å². The Kier molecular flexibility index (Phi) is 4.80. The van der Waals surface area contributed by atoms with Crippen LogP contribution in [0.15, 0.2) is 18.3 Å². The lowest BCUT2D eigenvalue weighted by Crippen LogP contribution is -2.50. The molecule has 120 valence electrons. The molecule has 0 aliphatic carbocycles. The van der Waals surface area contributed by atoms with Crippen molar-refractivity contribution < 1.29 is 4.79 Å². The molecule has 1 aromatic rings. The fraction of sp³-hybridized carbons (Fsp3) is 0.647. The number of piperidine rings is 2. The Morgan fingerprint density at radius 1 is 1.14 bits per heavy atom. The van der Waals surface area contributed by atoms with Gasteiger partial charge in [-0.25, -0.2) is 9.78 Å². The summed E-state index contributed by atoms with van der Waals surface area (Å²) in [5.41, 5.74) is 1.19. The van der Waals surface area contributed by atoms with Crippen LogP contribution in [-0.2, 0) is 0 Å². The van der Waals surface area contributed by atoms with Crippen LogP contribution in [0.3, 0.4) is 0 Å². The number of amides is 2. The first kappa shape index (κ1) is 15.1. The summed E-state index contributed by atoms with van der Waals surface area (Å²) < 4.78 is 0. The van der Waals surface area contributed by atoms with E-state index >= 15 is 0 Å². The summed E-state index contributed by atoms with van der Waals surface area (Å²) in [4.78, 5) is 21.0. The van der Waals surface area contributed by atoms with Gasteiger partial charge in [0, 0.05) is 38.4 Å². The van der Waals surface area contributed by atoms with Crippen molar-refractivity contribution in [2.75, 3.05) is 31.1 Å². The van der Waals surface area contributed by atoms with E-state index in [1.165, 1.54) is 12.0 Å². The molecule has 3 rings (SSSR count). The molecule has 5 nitrogen and oxygen atoms in total. The molecule has 2 fully saturated rings. The molecular weight excluding hydrogens is 276 g/mol. The van der Waals surface area contributed by atoms with Crippen molar-refractivity contribution in [2.24, 2.45) is 0 Å². The van der Waals surface area contributed by atoms with Crippen molar-refractivity contribution in [1.82, 2.24) is 15.2 Å². The van der Waals surface area contributed by atoms with Crippen LogP contribution in [0.5, 0.6) is 0 Å². The highest BCUT2D eigenvalue weighted by atomic mass is 16.2. The first-order valence-electron chi connectivity index (χ1n) is 8.45. The number of carbonyl (C=O) groups is 1. The molecule has 0 radical (unpaired) electrons. The standard InChI is InChI=1S/C17H26N4O/c1-14-5-6-16(18-13-14)20-11-7-15(8-12-20)19-17(22)21-9-3-2-4-10-21/h5-6,13,15H,2-4,7-12H2,1H3,(H,19,22). The third kappa shape index (κ3) is 3.70. The lowest BCUT2D eigenvalue weighted by molar-refractivity contribution is 0.180. The quantitative estimate of drug-likeness (QED) is 0.913. The molecule has 1 N–H and O–H groups in total. The molecule has 3 heterocycles. The zero-order valence-electron chi connectivity index (χ0n) is 13.4. The molecule has 0 saturated carbocycles. The van der Waals surface area contributed by atoms with E-state index in [2.05, 4.69) is 34.3 Å². The van der Waals surface area contributed by atoms with Gasteiger partial charge in [-0.15, -0.1) is 0 Å². The van der Waals surface area contributed by atoms with E-state index in [1.54, 1.807) is 0 Å². The van der Waals surface area contributed by atoms with Gasteiger partial charge in [-0.05, 0) is 50.7 Å². The molecular formula is C17H26N4O. The smallest absolute Gasteiger partial charge is 0.317 e. The molecule has 2 aliphatic heterocycles. The summed E-state index contributed by atoms with van der Waals surface area (Å²) in [6.07, 6.45) is 7.45. The minimum atomic E-state index is 0.131. The van der Waals surface area contributed by atoms with Crippen LogP contribution in [0, 0.1) is 6.92 Å². The predicted molar refractivity (Wildman–Crippen MR) is 88.2 cm³/mol. The van der Waals surface area contributed by atoms with Crippen LogP contribution in [-0.4, -0.2) is 48.1 Å². The van der Waals surface area contributed by atoms with Crippen molar-refractivity contribution >= 4 is 11.8 Å². The SMILES string of the molecule is Cc1ccc(N2CCC(NC(=O)N3CCCCC3)CC2)nc1. The van der Waals surface area contributed by atoms with Gasteiger partial charge in [0.25, 0.3) is 0 Å². The van der Waals surface area contributed by atoms with Crippen molar-refractivity contribution in [2.45, 2.75) is 45.1 Å². The first-order chi connectivity index (χ1) is 10.7. The topological polar surface area (TPSA) is 48.5 Å². The maximum Gasteiger partial charge on any atom is 0.317 e. The third-order valence-corrected chi connectivity index (χ3v) is 4.69. The summed E-state index contributed by atoms with van der Waals surface area (Å²) in [7, 11) is 0. The van der Waals surface area contributed by atoms with E-state index in [0.29, 0.717) is 6.04 Å². The molecule has 2 aliphatic rings. The average molecular weight is 302 g/mol. The molecule has 5 heteroatoms. The van der Waals surface area contributed by atoms with E-state index in [1.807, 2.05) is 11.1 Å². The Bertz CT molecular complexity index is 488. The summed E-state index contributed by atoms with van der Waals surface area (Å²) in [5, 5.41) is 3.21. The van der Waals surface area contributed by atoms with Crippen LogP contribution in [0.4, 0.5) is 10.6 Å². The molecule has 2 saturated heterocycles. The minimum Gasteiger partial charge on any atom is -0.356 e. The minimum absolute atomic E-state index is 0.131. The molecule has 22 heavy (non-hydrogen) atoms. The van der Waals surface area contributed by atoms with Gasteiger partial charge in [0.2, 0.25) is 0 Å². The molecule has 0 bridgehead atoms. The highest BCUT2D eigenvalue weighted by Crippen LogP contribution is 2.18. The number of nitrogens with zero attached hydrogens (tertiary/aromatic N) is 3. The van der Waals surface area contributed by atoms with Gasteiger partial charge in [-0.2, -0.15) is 0 Å². The van der Waals surface area contributed by atoms with E-state index < -0.39 is 0 Å². The highest BCUT2D eigenvalue weighted by Gasteiger charge is 2.24. The number of hydrogen-bond donors (Lipinski definition) is 1. The Morgan fingerprint density at radius 3 is 2.50 bits per heavy atom.